The number of aromatic nitrogens is 2. The summed E-state index contributed by atoms with van der Waals surface area (Å²) in [5, 5.41) is 4.64. The predicted octanol–water partition coefficient (Wildman–Crippen LogP) is 3.02. The summed E-state index contributed by atoms with van der Waals surface area (Å²) in [5.41, 5.74) is -0.0707. The molecule has 4 rings (SSSR count). The topological polar surface area (TPSA) is 63.5 Å². The Hall–Kier alpha value is -2.25. The van der Waals surface area contributed by atoms with E-state index in [1.54, 1.807) is 22.0 Å². The van der Waals surface area contributed by atoms with Gasteiger partial charge in [0, 0.05) is 34.5 Å². The van der Waals surface area contributed by atoms with Gasteiger partial charge in [0.25, 0.3) is 5.56 Å². The third kappa shape index (κ3) is 2.15. The molecule has 0 aliphatic carbocycles. The van der Waals surface area contributed by atoms with Crippen LogP contribution in [0.2, 0.25) is 5.02 Å². The molecule has 2 aromatic heterocycles. The van der Waals surface area contributed by atoms with Crippen molar-refractivity contribution in [3.8, 4) is 0 Å². The highest BCUT2D eigenvalue weighted by atomic mass is 35.5. The SMILES string of the molecule is O=C1CC(c2c(F)cccc2Cl)c2c(n3ccsc3nc2=O)N1. The van der Waals surface area contributed by atoms with Crippen molar-refractivity contribution in [2.75, 3.05) is 5.32 Å². The van der Waals surface area contributed by atoms with Crippen LogP contribution in [0.15, 0.2) is 34.6 Å². The summed E-state index contributed by atoms with van der Waals surface area (Å²) in [7, 11) is 0. The Bertz CT molecular complexity index is 993. The number of nitrogens with zero attached hydrogens (tertiary/aromatic N) is 2. The Morgan fingerprint density at radius 2 is 2.17 bits per heavy atom. The van der Waals surface area contributed by atoms with Gasteiger partial charge < -0.3 is 5.32 Å². The number of hydrogen-bond donors (Lipinski definition) is 1. The molecule has 0 fully saturated rings. The van der Waals surface area contributed by atoms with Crippen LogP contribution in [0, 0.1) is 5.82 Å². The van der Waals surface area contributed by atoms with Gasteiger partial charge in [-0.25, -0.2) is 4.39 Å². The predicted molar refractivity (Wildman–Crippen MR) is 85.8 cm³/mol. The van der Waals surface area contributed by atoms with Gasteiger partial charge >= 0.3 is 0 Å². The standard InChI is InChI=1S/C15H9ClFN3O2S/c16-8-2-1-3-9(17)11(8)7-6-10(21)18-13-12(7)14(22)19-15-20(13)4-5-23-15/h1-5,7H,6H2,(H,18,21). The lowest BCUT2D eigenvalue weighted by Crippen LogP contribution is -2.32. The molecule has 1 aliphatic heterocycles. The molecule has 3 aromatic rings. The Kier molecular flexibility index (Phi) is 3.21. The quantitative estimate of drug-likeness (QED) is 0.734. The zero-order valence-electron chi connectivity index (χ0n) is 11.5. The molecule has 0 saturated heterocycles. The minimum absolute atomic E-state index is 0.0548. The van der Waals surface area contributed by atoms with E-state index in [9.17, 15) is 14.0 Å². The Morgan fingerprint density at radius 3 is 2.96 bits per heavy atom. The monoisotopic (exact) mass is 349 g/mol. The third-order valence-electron chi connectivity index (χ3n) is 3.86. The molecule has 116 valence electrons. The molecule has 0 saturated carbocycles. The molecule has 0 radical (unpaired) electrons. The zero-order valence-corrected chi connectivity index (χ0v) is 13.1. The van der Waals surface area contributed by atoms with Gasteiger partial charge in [0.05, 0.1) is 5.56 Å². The van der Waals surface area contributed by atoms with Crippen molar-refractivity contribution < 1.29 is 9.18 Å². The smallest absolute Gasteiger partial charge is 0.279 e. The van der Waals surface area contributed by atoms with Gasteiger partial charge in [-0.2, -0.15) is 4.98 Å². The first-order chi connectivity index (χ1) is 11.1. The second kappa shape index (κ2) is 5.14. The Labute approximate surface area is 138 Å². The van der Waals surface area contributed by atoms with Gasteiger partial charge in [-0.3, -0.25) is 14.0 Å². The highest BCUT2D eigenvalue weighted by Gasteiger charge is 2.34. The maximum absolute atomic E-state index is 14.3. The first kappa shape index (κ1) is 14.3. The van der Waals surface area contributed by atoms with E-state index in [1.165, 1.54) is 23.5 Å². The molecule has 1 unspecified atom stereocenters. The molecule has 1 amide bonds. The van der Waals surface area contributed by atoms with Gasteiger partial charge in [-0.15, -0.1) is 11.3 Å². The van der Waals surface area contributed by atoms with Crippen molar-refractivity contribution in [1.29, 1.82) is 0 Å². The number of halogens is 2. The van der Waals surface area contributed by atoms with E-state index in [0.29, 0.717) is 10.8 Å². The van der Waals surface area contributed by atoms with E-state index in [1.807, 2.05) is 0 Å². The van der Waals surface area contributed by atoms with Crippen LogP contribution in [0.3, 0.4) is 0 Å². The summed E-state index contributed by atoms with van der Waals surface area (Å²) in [6.45, 7) is 0. The molecule has 1 aromatic carbocycles. The lowest BCUT2D eigenvalue weighted by atomic mass is 9.86. The number of benzene rings is 1. The van der Waals surface area contributed by atoms with Crippen molar-refractivity contribution >= 4 is 39.6 Å². The molecule has 0 spiro atoms. The molecule has 5 nitrogen and oxygen atoms in total. The fourth-order valence-corrected chi connectivity index (χ4v) is 3.90. The largest absolute Gasteiger partial charge is 0.311 e. The summed E-state index contributed by atoms with van der Waals surface area (Å²) in [6.07, 6.45) is 1.65. The van der Waals surface area contributed by atoms with Crippen LogP contribution in [-0.2, 0) is 4.79 Å². The van der Waals surface area contributed by atoms with Crippen molar-refractivity contribution in [3.05, 3.63) is 62.1 Å². The summed E-state index contributed by atoms with van der Waals surface area (Å²) < 4.78 is 15.9. The van der Waals surface area contributed by atoms with Crippen LogP contribution in [0.25, 0.3) is 4.96 Å². The van der Waals surface area contributed by atoms with Crippen molar-refractivity contribution in [1.82, 2.24) is 9.38 Å². The molecular weight excluding hydrogens is 341 g/mol. The van der Waals surface area contributed by atoms with Gasteiger partial charge in [0.2, 0.25) is 5.91 Å². The maximum Gasteiger partial charge on any atom is 0.279 e. The van der Waals surface area contributed by atoms with Crippen molar-refractivity contribution in [2.45, 2.75) is 12.3 Å². The summed E-state index contributed by atoms with van der Waals surface area (Å²) in [4.78, 5) is 29.0. The first-order valence-electron chi connectivity index (χ1n) is 6.80. The fourth-order valence-electron chi connectivity index (χ4n) is 2.90. The minimum atomic E-state index is -0.760. The second-order valence-corrected chi connectivity index (χ2v) is 6.46. The molecule has 1 aliphatic rings. The van der Waals surface area contributed by atoms with Gasteiger partial charge in [-0.1, -0.05) is 17.7 Å². The van der Waals surface area contributed by atoms with Gasteiger partial charge in [-0.05, 0) is 12.1 Å². The number of carbonyl (C=O) groups excluding carboxylic acids is 1. The molecule has 0 bridgehead atoms. The van der Waals surface area contributed by atoms with Crippen LogP contribution < -0.4 is 10.9 Å². The Morgan fingerprint density at radius 1 is 1.35 bits per heavy atom. The van der Waals surface area contributed by atoms with E-state index in [0.717, 1.165) is 0 Å². The summed E-state index contributed by atoms with van der Waals surface area (Å²) >= 11 is 7.41. The van der Waals surface area contributed by atoms with Gasteiger partial charge in [0.15, 0.2) is 4.96 Å². The minimum Gasteiger partial charge on any atom is -0.311 e. The summed E-state index contributed by atoms with van der Waals surface area (Å²) in [5.74, 6) is -1.27. The van der Waals surface area contributed by atoms with E-state index < -0.39 is 17.3 Å². The number of amides is 1. The van der Waals surface area contributed by atoms with E-state index >= 15 is 0 Å². The van der Waals surface area contributed by atoms with Crippen LogP contribution in [0.5, 0.6) is 0 Å². The van der Waals surface area contributed by atoms with E-state index in [-0.39, 0.29) is 28.5 Å². The van der Waals surface area contributed by atoms with Gasteiger partial charge in [0.1, 0.15) is 11.6 Å². The number of nitrogens with one attached hydrogen (secondary N) is 1. The molecule has 23 heavy (non-hydrogen) atoms. The molecule has 1 atom stereocenters. The zero-order chi connectivity index (χ0) is 16.1. The normalized spacial score (nSPS) is 17.1. The number of thiazole rings is 1. The third-order valence-corrected chi connectivity index (χ3v) is 4.94. The Balaban J connectivity index is 2.06. The van der Waals surface area contributed by atoms with Crippen LogP contribution >= 0.6 is 22.9 Å². The van der Waals surface area contributed by atoms with Crippen molar-refractivity contribution in [3.63, 3.8) is 0 Å². The second-order valence-electron chi connectivity index (χ2n) is 5.18. The highest BCUT2D eigenvalue weighted by molar-refractivity contribution is 7.15. The lowest BCUT2D eigenvalue weighted by molar-refractivity contribution is -0.116. The molecule has 3 heterocycles. The average molecular weight is 350 g/mol. The highest BCUT2D eigenvalue weighted by Crippen LogP contribution is 2.39. The van der Waals surface area contributed by atoms with E-state index in [2.05, 4.69) is 10.3 Å². The average Bonchev–Trinajstić information content (AvgIpc) is 2.95. The fraction of sp³-hybridized carbons (Fsp3) is 0.133. The number of hydrogen-bond acceptors (Lipinski definition) is 4. The van der Waals surface area contributed by atoms with Crippen LogP contribution in [-0.4, -0.2) is 15.3 Å². The molecule has 1 N–H and O–H groups in total. The summed E-state index contributed by atoms with van der Waals surface area (Å²) in [6, 6.07) is 4.29. The number of carbonyl (C=O) groups is 1. The lowest BCUT2D eigenvalue weighted by Gasteiger charge is -2.26. The first-order valence-corrected chi connectivity index (χ1v) is 8.05. The van der Waals surface area contributed by atoms with Crippen LogP contribution in [0.4, 0.5) is 10.2 Å². The molecule has 8 heteroatoms. The van der Waals surface area contributed by atoms with Crippen LogP contribution in [0.1, 0.15) is 23.5 Å². The number of fused-ring (bicyclic) bond motifs is 3. The van der Waals surface area contributed by atoms with Crippen molar-refractivity contribution in [2.24, 2.45) is 0 Å². The molecular formula is C15H9ClFN3O2S. The van der Waals surface area contributed by atoms with E-state index in [4.69, 9.17) is 11.6 Å². The maximum atomic E-state index is 14.3. The number of anilines is 1. The number of rotatable bonds is 1.